The van der Waals surface area contributed by atoms with E-state index in [0.29, 0.717) is 0 Å². The normalized spacial score (nSPS) is 14.2. The molecule has 0 aromatic carbocycles. The standard InChI is InChI=1S/C12H25N/c1-6-10(2)8-7-9-12(4,5)11(3)13/h10,13H,6-9H2,1-5H3. The van der Waals surface area contributed by atoms with Crippen LogP contribution in [0.3, 0.4) is 0 Å². The molecule has 0 rings (SSSR count). The first-order valence-electron chi connectivity index (χ1n) is 5.45. The lowest BCUT2D eigenvalue weighted by atomic mass is 9.82. The summed E-state index contributed by atoms with van der Waals surface area (Å²) in [6.07, 6.45) is 5.02. The van der Waals surface area contributed by atoms with Gasteiger partial charge in [0, 0.05) is 11.1 Å². The second kappa shape index (κ2) is 5.41. The van der Waals surface area contributed by atoms with Gasteiger partial charge in [-0.2, -0.15) is 0 Å². The Labute approximate surface area is 83.4 Å². The van der Waals surface area contributed by atoms with Crippen LogP contribution < -0.4 is 0 Å². The molecule has 0 radical (unpaired) electrons. The summed E-state index contributed by atoms with van der Waals surface area (Å²) in [4.78, 5) is 0. The van der Waals surface area contributed by atoms with Gasteiger partial charge in [-0.05, 0) is 19.3 Å². The van der Waals surface area contributed by atoms with E-state index < -0.39 is 0 Å². The Morgan fingerprint density at radius 1 is 1.38 bits per heavy atom. The molecule has 0 aliphatic rings. The SMILES string of the molecule is CCC(C)CCCC(C)(C)C(C)=N. The van der Waals surface area contributed by atoms with Gasteiger partial charge in [-0.25, -0.2) is 0 Å². The molecule has 13 heavy (non-hydrogen) atoms. The van der Waals surface area contributed by atoms with E-state index in [1.807, 2.05) is 6.92 Å². The Morgan fingerprint density at radius 3 is 2.31 bits per heavy atom. The van der Waals surface area contributed by atoms with Crippen LogP contribution in [0.15, 0.2) is 0 Å². The Balaban J connectivity index is 3.70. The largest absolute Gasteiger partial charge is 0.309 e. The summed E-state index contributed by atoms with van der Waals surface area (Å²) in [6.45, 7) is 10.8. The van der Waals surface area contributed by atoms with Gasteiger partial charge >= 0.3 is 0 Å². The fourth-order valence-electron chi connectivity index (χ4n) is 1.28. The minimum absolute atomic E-state index is 0.119. The van der Waals surface area contributed by atoms with Gasteiger partial charge in [-0.3, -0.25) is 0 Å². The van der Waals surface area contributed by atoms with Gasteiger partial charge in [-0.15, -0.1) is 0 Å². The first-order chi connectivity index (χ1) is 5.90. The highest BCUT2D eigenvalue weighted by molar-refractivity contribution is 5.84. The lowest BCUT2D eigenvalue weighted by Crippen LogP contribution is -2.20. The molecule has 1 N–H and O–H groups in total. The highest BCUT2D eigenvalue weighted by atomic mass is 14.5. The second-order valence-corrected chi connectivity index (χ2v) is 4.91. The third-order valence-corrected chi connectivity index (χ3v) is 3.21. The van der Waals surface area contributed by atoms with Crippen LogP contribution in [0.5, 0.6) is 0 Å². The molecule has 0 spiro atoms. The second-order valence-electron chi connectivity index (χ2n) is 4.91. The minimum atomic E-state index is 0.119. The molecule has 1 heteroatoms. The molecule has 0 heterocycles. The van der Waals surface area contributed by atoms with Crippen LogP contribution in [0.4, 0.5) is 0 Å². The number of nitrogens with one attached hydrogen (secondary N) is 1. The molecule has 0 fully saturated rings. The third-order valence-electron chi connectivity index (χ3n) is 3.21. The zero-order valence-electron chi connectivity index (χ0n) is 9.91. The van der Waals surface area contributed by atoms with E-state index in [0.717, 1.165) is 18.1 Å². The van der Waals surface area contributed by atoms with Gasteiger partial charge in [0.2, 0.25) is 0 Å². The van der Waals surface area contributed by atoms with Crippen molar-refractivity contribution in [3.05, 3.63) is 0 Å². The predicted octanol–water partition coefficient (Wildman–Crippen LogP) is 4.27. The number of rotatable bonds is 6. The average molecular weight is 183 g/mol. The molecular weight excluding hydrogens is 158 g/mol. The third kappa shape index (κ3) is 5.07. The predicted molar refractivity (Wildman–Crippen MR) is 60.5 cm³/mol. The summed E-state index contributed by atoms with van der Waals surface area (Å²) in [5.41, 5.74) is 0.935. The molecule has 0 aromatic heterocycles. The smallest absolute Gasteiger partial charge is 0.0114 e. The molecule has 0 saturated carbocycles. The van der Waals surface area contributed by atoms with Crippen molar-refractivity contribution in [3.8, 4) is 0 Å². The van der Waals surface area contributed by atoms with E-state index >= 15 is 0 Å². The fourth-order valence-corrected chi connectivity index (χ4v) is 1.28. The fraction of sp³-hybridized carbons (Fsp3) is 0.917. The van der Waals surface area contributed by atoms with Crippen LogP contribution in [-0.2, 0) is 0 Å². The van der Waals surface area contributed by atoms with Crippen LogP contribution in [0.1, 0.15) is 60.3 Å². The van der Waals surface area contributed by atoms with Crippen molar-refractivity contribution in [2.45, 2.75) is 60.3 Å². The lowest BCUT2D eigenvalue weighted by molar-refractivity contribution is 0.402. The summed E-state index contributed by atoms with van der Waals surface area (Å²) in [6, 6.07) is 0. The minimum Gasteiger partial charge on any atom is -0.309 e. The quantitative estimate of drug-likeness (QED) is 0.595. The van der Waals surface area contributed by atoms with E-state index in [9.17, 15) is 0 Å². The molecule has 0 saturated heterocycles. The maximum absolute atomic E-state index is 7.63. The van der Waals surface area contributed by atoms with Gasteiger partial charge in [0.15, 0.2) is 0 Å². The summed E-state index contributed by atoms with van der Waals surface area (Å²) >= 11 is 0. The molecule has 78 valence electrons. The van der Waals surface area contributed by atoms with E-state index in [4.69, 9.17) is 5.41 Å². The average Bonchev–Trinajstić information content (AvgIpc) is 2.03. The van der Waals surface area contributed by atoms with Crippen LogP contribution in [0.2, 0.25) is 0 Å². The Bertz CT molecular complexity index is 159. The zero-order chi connectivity index (χ0) is 10.5. The maximum Gasteiger partial charge on any atom is 0.0114 e. The molecule has 1 unspecified atom stereocenters. The summed E-state index contributed by atoms with van der Waals surface area (Å²) < 4.78 is 0. The van der Waals surface area contributed by atoms with Crippen LogP contribution in [0, 0.1) is 16.7 Å². The van der Waals surface area contributed by atoms with Crippen molar-refractivity contribution in [2.75, 3.05) is 0 Å². The Morgan fingerprint density at radius 2 is 1.92 bits per heavy atom. The highest BCUT2D eigenvalue weighted by Gasteiger charge is 2.19. The summed E-state index contributed by atoms with van der Waals surface area (Å²) in [7, 11) is 0. The molecule has 1 atom stereocenters. The van der Waals surface area contributed by atoms with Crippen LogP contribution in [0.25, 0.3) is 0 Å². The molecule has 0 aliphatic heterocycles. The first kappa shape index (κ1) is 12.7. The topological polar surface area (TPSA) is 23.9 Å². The molecule has 0 bridgehead atoms. The number of hydrogen-bond donors (Lipinski definition) is 1. The van der Waals surface area contributed by atoms with Crippen LogP contribution >= 0.6 is 0 Å². The van der Waals surface area contributed by atoms with Crippen molar-refractivity contribution in [3.63, 3.8) is 0 Å². The van der Waals surface area contributed by atoms with E-state index in [1.165, 1.54) is 19.3 Å². The molecule has 0 aromatic rings. The summed E-state index contributed by atoms with van der Waals surface area (Å²) in [5.74, 6) is 0.849. The Hall–Kier alpha value is -0.330. The monoisotopic (exact) mass is 183 g/mol. The molecule has 0 amide bonds. The number of hydrogen-bond acceptors (Lipinski definition) is 1. The van der Waals surface area contributed by atoms with Crippen molar-refractivity contribution < 1.29 is 0 Å². The van der Waals surface area contributed by atoms with Gasteiger partial charge in [0.1, 0.15) is 0 Å². The van der Waals surface area contributed by atoms with E-state index in [1.54, 1.807) is 0 Å². The van der Waals surface area contributed by atoms with Crippen molar-refractivity contribution in [1.82, 2.24) is 0 Å². The van der Waals surface area contributed by atoms with Crippen molar-refractivity contribution >= 4 is 5.71 Å². The maximum atomic E-state index is 7.63. The van der Waals surface area contributed by atoms with Crippen molar-refractivity contribution in [1.29, 1.82) is 5.41 Å². The van der Waals surface area contributed by atoms with E-state index in [-0.39, 0.29) is 5.41 Å². The highest BCUT2D eigenvalue weighted by Crippen LogP contribution is 2.26. The summed E-state index contributed by atoms with van der Waals surface area (Å²) in [5, 5.41) is 7.63. The first-order valence-corrected chi connectivity index (χ1v) is 5.45. The Kier molecular flexibility index (Phi) is 5.27. The van der Waals surface area contributed by atoms with Gasteiger partial charge < -0.3 is 5.41 Å². The zero-order valence-corrected chi connectivity index (χ0v) is 9.91. The van der Waals surface area contributed by atoms with E-state index in [2.05, 4.69) is 27.7 Å². The molecular formula is C12H25N. The van der Waals surface area contributed by atoms with Gasteiger partial charge in [-0.1, -0.05) is 47.0 Å². The van der Waals surface area contributed by atoms with Crippen molar-refractivity contribution in [2.24, 2.45) is 11.3 Å². The lowest BCUT2D eigenvalue weighted by Gasteiger charge is -2.23. The molecule has 0 aliphatic carbocycles. The molecule has 1 nitrogen and oxygen atoms in total. The van der Waals surface area contributed by atoms with Gasteiger partial charge in [0.05, 0.1) is 0 Å². The van der Waals surface area contributed by atoms with Gasteiger partial charge in [0.25, 0.3) is 0 Å². The van der Waals surface area contributed by atoms with Crippen LogP contribution in [-0.4, -0.2) is 5.71 Å².